The van der Waals surface area contributed by atoms with E-state index >= 15 is 0 Å². The zero-order valence-electron chi connectivity index (χ0n) is 10.8. The largest absolute Gasteiger partial charge is 0.480 e. The van der Waals surface area contributed by atoms with Crippen molar-refractivity contribution >= 4 is 11.9 Å². The fourth-order valence-corrected chi connectivity index (χ4v) is 2.15. The Hall–Kier alpha value is -1.89. The summed E-state index contributed by atoms with van der Waals surface area (Å²) in [5.41, 5.74) is 1.35. The summed E-state index contributed by atoms with van der Waals surface area (Å²) in [6, 6.07) is 0. The number of nitrogens with one attached hydrogen (secondary N) is 1. The molecule has 7 nitrogen and oxygen atoms in total. The molecule has 1 aliphatic heterocycles. The molecule has 7 heteroatoms. The van der Waals surface area contributed by atoms with Gasteiger partial charge in [0.25, 0.3) is 5.91 Å². The maximum absolute atomic E-state index is 12.2. The molecule has 0 unspecified atom stereocenters. The Labute approximate surface area is 110 Å². The molecule has 1 fully saturated rings. The van der Waals surface area contributed by atoms with Crippen LogP contribution in [0.15, 0.2) is 6.20 Å². The predicted octanol–water partition coefficient (Wildman–Crippen LogP) is 0.424. The van der Waals surface area contributed by atoms with Gasteiger partial charge in [-0.15, -0.1) is 0 Å². The molecule has 0 aromatic carbocycles. The fourth-order valence-electron chi connectivity index (χ4n) is 2.15. The van der Waals surface area contributed by atoms with Crippen molar-refractivity contribution in [1.29, 1.82) is 0 Å². The fraction of sp³-hybridized carbons (Fsp3) is 0.583. The highest BCUT2D eigenvalue weighted by molar-refractivity contribution is 5.95. The third-order valence-corrected chi connectivity index (χ3v) is 3.23. The average molecular weight is 267 g/mol. The highest BCUT2D eigenvalue weighted by Crippen LogP contribution is 2.17. The number of aromatic amines is 1. The number of nitrogens with zero attached hydrogens (tertiary/aromatic N) is 2. The molecule has 2 N–H and O–H groups in total. The molecule has 1 aromatic heterocycles. The van der Waals surface area contributed by atoms with Gasteiger partial charge in [-0.3, -0.25) is 9.89 Å². The van der Waals surface area contributed by atoms with Crippen LogP contribution in [0.4, 0.5) is 0 Å². The Balaban J connectivity index is 1.85. The molecule has 1 aromatic rings. The van der Waals surface area contributed by atoms with Crippen LogP contribution >= 0.6 is 0 Å². The van der Waals surface area contributed by atoms with Gasteiger partial charge >= 0.3 is 5.97 Å². The number of carboxylic acids is 1. The number of aryl methyl sites for hydroxylation is 1. The Kier molecular flexibility index (Phi) is 4.16. The van der Waals surface area contributed by atoms with E-state index in [9.17, 15) is 9.59 Å². The Bertz CT molecular complexity index is 463. The van der Waals surface area contributed by atoms with Gasteiger partial charge in [-0.05, 0) is 19.8 Å². The molecular weight excluding hydrogens is 250 g/mol. The Morgan fingerprint density at radius 2 is 2.21 bits per heavy atom. The van der Waals surface area contributed by atoms with Gasteiger partial charge in [0.15, 0.2) is 0 Å². The smallest absolute Gasteiger partial charge is 0.329 e. The van der Waals surface area contributed by atoms with Crippen molar-refractivity contribution in [2.24, 2.45) is 0 Å². The summed E-state index contributed by atoms with van der Waals surface area (Å²) in [7, 11) is 0. The summed E-state index contributed by atoms with van der Waals surface area (Å²) in [4.78, 5) is 24.3. The second kappa shape index (κ2) is 5.83. The summed E-state index contributed by atoms with van der Waals surface area (Å²) in [5, 5.41) is 15.1. The molecule has 0 atom stereocenters. The maximum Gasteiger partial charge on any atom is 0.329 e. The van der Waals surface area contributed by atoms with Crippen molar-refractivity contribution in [1.82, 2.24) is 15.1 Å². The second-order valence-electron chi connectivity index (χ2n) is 4.60. The van der Waals surface area contributed by atoms with Crippen molar-refractivity contribution in [3.63, 3.8) is 0 Å². The molecule has 0 aliphatic carbocycles. The number of amides is 1. The first kappa shape index (κ1) is 13.5. The third-order valence-electron chi connectivity index (χ3n) is 3.23. The SMILES string of the molecule is Cc1[nH]ncc1C(=O)N1CCC(OCC(=O)O)CC1. The van der Waals surface area contributed by atoms with E-state index in [0.717, 1.165) is 5.69 Å². The number of piperidine rings is 1. The summed E-state index contributed by atoms with van der Waals surface area (Å²) in [6.07, 6.45) is 2.78. The number of aliphatic carboxylic acids is 1. The van der Waals surface area contributed by atoms with Gasteiger partial charge in [-0.2, -0.15) is 5.10 Å². The lowest BCUT2D eigenvalue weighted by molar-refractivity contribution is -0.145. The van der Waals surface area contributed by atoms with E-state index < -0.39 is 5.97 Å². The minimum absolute atomic E-state index is 0.0389. The van der Waals surface area contributed by atoms with Crippen LogP contribution in [-0.4, -0.2) is 57.9 Å². The monoisotopic (exact) mass is 267 g/mol. The van der Waals surface area contributed by atoms with Gasteiger partial charge in [0.2, 0.25) is 0 Å². The van der Waals surface area contributed by atoms with E-state index in [0.29, 0.717) is 31.5 Å². The van der Waals surface area contributed by atoms with Crippen LogP contribution < -0.4 is 0 Å². The Morgan fingerprint density at radius 3 is 2.74 bits per heavy atom. The topological polar surface area (TPSA) is 95.5 Å². The predicted molar refractivity (Wildman–Crippen MR) is 65.8 cm³/mol. The quantitative estimate of drug-likeness (QED) is 0.824. The van der Waals surface area contributed by atoms with Gasteiger partial charge in [0.1, 0.15) is 6.61 Å². The first-order chi connectivity index (χ1) is 9.08. The van der Waals surface area contributed by atoms with Crippen molar-refractivity contribution in [3.8, 4) is 0 Å². The second-order valence-corrected chi connectivity index (χ2v) is 4.60. The van der Waals surface area contributed by atoms with Gasteiger partial charge in [0, 0.05) is 18.8 Å². The number of carbonyl (C=O) groups excluding carboxylic acids is 1. The molecule has 1 amide bonds. The molecule has 0 radical (unpaired) electrons. The van der Waals surface area contributed by atoms with Crippen LogP contribution in [0.3, 0.4) is 0 Å². The van der Waals surface area contributed by atoms with E-state index in [1.807, 2.05) is 6.92 Å². The normalized spacial score (nSPS) is 16.6. The molecule has 1 saturated heterocycles. The van der Waals surface area contributed by atoms with E-state index in [2.05, 4.69) is 10.2 Å². The molecule has 2 heterocycles. The minimum atomic E-state index is -0.965. The summed E-state index contributed by atoms with van der Waals surface area (Å²) < 4.78 is 5.23. The zero-order valence-corrected chi connectivity index (χ0v) is 10.8. The number of carboxylic acid groups (broad SMARTS) is 1. The number of hydrogen-bond donors (Lipinski definition) is 2. The van der Waals surface area contributed by atoms with E-state index in [1.165, 1.54) is 6.20 Å². The van der Waals surface area contributed by atoms with Crippen LogP contribution in [0.5, 0.6) is 0 Å². The van der Waals surface area contributed by atoms with Crippen LogP contribution in [0.25, 0.3) is 0 Å². The molecule has 0 spiro atoms. The van der Waals surface area contributed by atoms with Crippen molar-refractivity contribution in [2.45, 2.75) is 25.9 Å². The molecule has 0 saturated carbocycles. The lowest BCUT2D eigenvalue weighted by Gasteiger charge is -2.31. The van der Waals surface area contributed by atoms with Gasteiger partial charge in [-0.1, -0.05) is 0 Å². The number of ether oxygens (including phenoxy) is 1. The van der Waals surface area contributed by atoms with Crippen LogP contribution in [0.2, 0.25) is 0 Å². The lowest BCUT2D eigenvalue weighted by Crippen LogP contribution is -2.41. The average Bonchev–Trinajstić information content (AvgIpc) is 2.82. The maximum atomic E-state index is 12.2. The number of aromatic nitrogens is 2. The van der Waals surface area contributed by atoms with Gasteiger partial charge in [0.05, 0.1) is 17.9 Å². The standard InChI is InChI=1S/C12H17N3O4/c1-8-10(6-13-14-8)12(18)15-4-2-9(3-5-15)19-7-11(16)17/h6,9H,2-5,7H2,1H3,(H,13,14)(H,16,17). The van der Waals surface area contributed by atoms with Crippen LogP contribution in [-0.2, 0) is 9.53 Å². The number of hydrogen-bond acceptors (Lipinski definition) is 4. The number of carbonyl (C=O) groups is 2. The van der Waals surface area contributed by atoms with E-state index in [-0.39, 0.29) is 18.6 Å². The molecule has 104 valence electrons. The first-order valence-electron chi connectivity index (χ1n) is 6.20. The highest BCUT2D eigenvalue weighted by atomic mass is 16.5. The van der Waals surface area contributed by atoms with E-state index in [4.69, 9.17) is 9.84 Å². The molecule has 0 bridgehead atoms. The van der Waals surface area contributed by atoms with Crippen LogP contribution in [0, 0.1) is 6.92 Å². The molecular formula is C12H17N3O4. The summed E-state index contributed by atoms with van der Waals surface area (Å²) >= 11 is 0. The lowest BCUT2D eigenvalue weighted by atomic mass is 10.1. The van der Waals surface area contributed by atoms with E-state index in [1.54, 1.807) is 4.90 Å². The third kappa shape index (κ3) is 3.31. The molecule has 2 rings (SSSR count). The highest BCUT2D eigenvalue weighted by Gasteiger charge is 2.25. The Morgan fingerprint density at radius 1 is 1.53 bits per heavy atom. The van der Waals surface area contributed by atoms with Gasteiger partial charge in [-0.25, -0.2) is 4.79 Å². The van der Waals surface area contributed by atoms with Crippen LogP contribution in [0.1, 0.15) is 28.9 Å². The number of likely N-dealkylation sites (tertiary alicyclic amines) is 1. The minimum Gasteiger partial charge on any atom is -0.480 e. The summed E-state index contributed by atoms with van der Waals surface area (Å²) in [6.45, 7) is 2.68. The van der Waals surface area contributed by atoms with Crippen molar-refractivity contribution in [2.75, 3.05) is 19.7 Å². The first-order valence-corrected chi connectivity index (χ1v) is 6.20. The number of rotatable bonds is 4. The van der Waals surface area contributed by atoms with Gasteiger partial charge < -0.3 is 14.7 Å². The zero-order chi connectivity index (χ0) is 13.8. The molecule has 19 heavy (non-hydrogen) atoms. The van der Waals surface area contributed by atoms with Crippen molar-refractivity contribution < 1.29 is 19.4 Å². The number of H-pyrrole nitrogens is 1. The van der Waals surface area contributed by atoms with Crippen molar-refractivity contribution in [3.05, 3.63) is 17.5 Å². The summed E-state index contributed by atoms with van der Waals surface area (Å²) in [5.74, 6) is -1.00. The molecule has 1 aliphatic rings.